The van der Waals surface area contributed by atoms with Gasteiger partial charge in [0.05, 0.1) is 32.0 Å². The van der Waals surface area contributed by atoms with Crippen molar-refractivity contribution in [1.82, 2.24) is 20.5 Å². The lowest BCUT2D eigenvalue weighted by Crippen LogP contribution is -2.49. The van der Waals surface area contributed by atoms with Gasteiger partial charge in [-0.15, -0.1) is 24.0 Å². The Bertz CT molecular complexity index is 712. The molecule has 2 fully saturated rings. The molecule has 0 amide bonds. The highest BCUT2D eigenvalue weighted by atomic mass is 127. The summed E-state index contributed by atoms with van der Waals surface area (Å²) in [7, 11) is 0. The van der Waals surface area contributed by atoms with Crippen molar-refractivity contribution < 1.29 is 9.47 Å². The Kier molecular flexibility index (Phi) is 12.7. The van der Waals surface area contributed by atoms with Crippen molar-refractivity contribution in [3.05, 3.63) is 23.9 Å². The molecule has 33 heavy (non-hydrogen) atoms. The van der Waals surface area contributed by atoms with Gasteiger partial charge in [0.25, 0.3) is 0 Å². The summed E-state index contributed by atoms with van der Waals surface area (Å²) >= 11 is 0. The molecule has 2 N–H and O–H groups in total. The number of likely N-dealkylation sites (tertiary alicyclic amines) is 1. The van der Waals surface area contributed by atoms with Crippen molar-refractivity contribution in [2.75, 3.05) is 57.4 Å². The number of nitrogens with zero attached hydrogens (tertiary/aromatic N) is 4. The molecule has 0 radical (unpaired) electrons. The molecule has 2 saturated heterocycles. The van der Waals surface area contributed by atoms with E-state index in [9.17, 15) is 0 Å². The van der Waals surface area contributed by atoms with Crippen molar-refractivity contribution in [2.45, 2.75) is 65.3 Å². The fourth-order valence-electron chi connectivity index (χ4n) is 4.16. The van der Waals surface area contributed by atoms with E-state index in [1.807, 2.05) is 6.20 Å². The molecule has 0 bridgehead atoms. The number of piperidine rings is 1. The maximum atomic E-state index is 5.69. The van der Waals surface area contributed by atoms with Crippen molar-refractivity contribution in [3.8, 4) is 0 Å². The van der Waals surface area contributed by atoms with E-state index < -0.39 is 0 Å². The number of anilines is 1. The van der Waals surface area contributed by atoms with Gasteiger partial charge in [0.1, 0.15) is 5.82 Å². The molecule has 0 spiro atoms. The highest BCUT2D eigenvalue weighted by molar-refractivity contribution is 14.0. The van der Waals surface area contributed by atoms with E-state index in [0.29, 0.717) is 18.7 Å². The van der Waals surface area contributed by atoms with Gasteiger partial charge in [-0.3, -0.25) is 0 Å². The summed E-state index contributed by atoms with van der Waals surface area (Å²) in [6.07, 6.45) is 4.69. The van der Waals surface area contributed by atoms with Gasteiger partial charge in [-0.05, 0) is 58.2 Å². The Morgan fingerprint density at radius 1 is 1.30 bits per heavy atom. The van der Waals surface area contributed by atoms with Crippen LogP contribution in [0.1, 0.15) is 46.1 Å². The van der Waals surface area contributed by atoms with Crippen LogP contribution in [0, 0.1) is 0 Å². The first-order valence-electron chi connectivity index (χ1n) is 12.2. The molecule has 2 aliphatic rings. The van der Waals surface area contributed by atoms with E-state index in [-0.39, 0.29) is 30.1 Å². The largest absolute Gasteiger partial charge is 0.377 e. The maximum Gasteiger partial charge on any atom is 0.191 e. The highest BCUT2D eigenvalue weighted by Gasteiger charge is 2.20. The second-order valence-electron chi connectivity index (χ2n) is 9.02. The molecule has 0 saturated carbocycles. The monoisotopic (exact) mass is 574 g/mol. The molecular weight excluding hydrogens is 531 g/mol. The molecule has 3 heterocycles. The van der Waals surface area contributed by atoms with E-state index in [1.54, 1.807) is 0 Å². The number of halogens is 1. The number of hydrogen-bond acceptors (Lipinski definition) is 6. The number of ether oxygens (including phenoxy) is 2. The van der Waals surface area contributed by atoms with Crippen LogP contribution < -0.4 is 15.5 Å². The number of aliphatic imine (C=N–C) groups is 1. The molecule has 8 nitrogen and oxygen atoms in total. The quantitative estimate of drug-likeness (QED) is 0.267. The van der Waals surface area contributed by atoms with Crippen molar-refractivity contribution in [3.63, 3.8) is 0 Å². The number of aromatic nitrogens is 1. The van der Waals surface area contributed by atoms with Crippen LogP contribution in [-0.2, 0) is 16.0 Å². The van der Waals surface area contributed by atoms with Crippen LogP contribution in [0.15, 0.2) is 23.3 Å². The molecule has 188 valence electrons. The third-order valence-corrected chi connectivity index (χ3v) is 5.93. The van der Waals surface area contributed by atoms with E-state index in [0.717, 1.165) is 77.1 Å². The number of nitrogens with one attached hydrogen (secondary N) is 2. The molecule has 2 aliphatic heterocycles. The fraction of sp³-hybridized carbons (Fsp3) is 0.750. The molecule has 3 rings (SSSR count). The second kappa shape index (κ2) is 15.0. The normalized spacial score (nSPS) is 20.6. The highest BCUT2D eigenvalue weighted by Crippen LogP contribution is 2.17. The standard InChI is InChI=1S/C24H42N6O2.HI/c1-5-25-24(28-22-7-10-29(11-8-22)12-14-31-19(2)3)27-17-21-6-9-26-23(16-21)30-13-15-32-20(4)18-30;/h6,9,16,19-20,22H,5,7-8,10-15,17-18H2,1-4H3,(H2,25,27,28);1H. The summed E-state index contributed by atoms with van der Waals surface area (Å²) in [6.45, 7) is 16.4. The summed E-state index contributed by atoms with van der Waals surface area (Å²) in [5.74, 6) is 1.91. The molecule has 0 aromatic carbocycles. The first kappa shape index (κ1) is 28.1. The van der Waals surface area contributed by atoms with Crippen LogP contribution in [0.5, 0.6) is 0 Å². The summed E-state index contributed by atoms with van der Waals surface area (Å²) < 4.78 is 11.4. The molecule has 1 atom stereocenters. The van der Waals surface area contributed by atoms with Crippen molar-refractivity contribution in [1.29, 1.82) is 0 Å². The predicted molar refractivity (Wildman–Crippen MR) is 146 cm³/mol. The van der Waals surface area contributed by atoms with Gasteiger partial charge in [0, 0.05) is 51.5 Å². The average Bonchev–Trinajstić information content (AvgIpc) is 2.79. The molecule has 9 heteroatoms. The van der Waals surface area contributed by atoms with Crippen LogP contribution in [-0.4, -0.2) is 86.6 Å². The molecule has 1 unspecified atom stereocenters. The maximum absolute atomic E-state index is 5.69. The Hall–Kier alpha value is -1.17. The summed E-state index contributed by atoms with van der Waals surface area (Å²) in [4.78, 5) is 14.2. The first-order valence-corrected chi connectivity index (χ1v) is 12.2. The summed E-state index contributed by atoms with van der Waals surface area (Å²) in [6, 6.07) is 4.67. The van der Waals surface area contributed by atoms with Gasteiger partial charge in [-0.25, -0.2) is 9.98 Å². The predicted octanol–water partition coefficient (Wildman–Crippen LogP) is 2.87. The van der Waals surface area contributed by atoms with Crippen molar-refractivity contribution in [2.24, 2.45) is 4.99 Å². The van der Waals surface area contributed by atoms with E-state index >= 15 is 0 Å². The van der Waals surface area contributed by atoms with Gasteiger partial charge in [0.2, 0.25) is 0 Å². The smallest absolute Gasteiger partial charge is 0.191 e. The van der Waals surface area contributed by atoms with Gasteiger partial charge in [0.15, 0.2) is 5.96 Å². The van der Waals surface area contributed by atoms with Crippen LogP contribution in [0.2, 0.25) is 0 Å². The Balaban J connectivity index is 0.00000385. The lowest BCUT2D eigenvalue weighted by molar-refractivity contribution is 0.0528. The number of rotatable bonds is 9. The molecular formula is C24H43IN6O2. The summed E-state index contributed by atoms with van der Waals surface area (Å²) in [5.41, 5.74) is 1.17. The van der Waals surface area contributed by atoms with E-state index in [2.05, 4.69) is 65.2 Å². The third-order valence-electron chi connectivity index (χ3n) is 5.93. The van der Waals surface area contributed by atoms with Crippen LogP contribution in [0.25, 0.3) is 0 Å². The zero-order valence-corrected chi connectivity index (χ0v) is 23.1. The number of morpholine rings is 1. The van der Waals surface area contributed by atoms with Crippen molar-refractivity contribution >= 4 is 35.8 Å². The Morgan fingerprint density at radius 2 is 2.09 bits per heavy atom. The van der Waals surface area contributed by atoms with Crippen LogP contribution in [0.3, 0.4) is 0 Å². The first-order chi connectivity index (χ1) is 15.5. The van der Waals surface area contributed by atoms with E-state index in [1.165, 1.54) is 5.56 Å². The van der Waals surface area contributed by atoms with Gasteiger partial charge >= 0.3 is 0 Å². The second-order valence-corrected chi connectivity index (χ2v) is 9.02. The van der Waals surface area contributed by atoms with Crippen LogP contribution in [0.4, 0.5) is 5.82 Å². The summed E-state index contributed by atoms with van der Waals surface area (Å²) in [5, 5.41) is 7.05. The number of guanidine groups is 1. The van der Waals surface area contributed by atoms with Gasteiger partial charge in [-0.1, -0.05) is 0 Å². The third kappa shape index (κ3) is 9.92. The number of hydrogen-bond donors (Lipinski definition) is 2. The van der Waals surface area contributed by atoms with E-state index in [4.69, 9.17) is 14.5 Å². The van der Waals surface area contributed by atoms with Gasteiger partial charge in [-0.2, -0.15) is 0 Å². The Morgan fingerprint density at radius 3 is 2.79 bits per heavy atom. The van der Waals surface area contributed by atoms with Gasteiger partial charge < -0.3 is 29.9 Å². The molecule has 0 aliphatic carbocycles. The zero-order valence-electron chi connectivity index (χ0n) is 20.8. The SMILES string of the molecule is CCNC(=NCc1ccnc(N2CCOC(C)C2)c1)NC1CCN(CCOC(C)C)CC1.I. The lowest BCUT2D eigenvalue weighted by atomic mass is 10.1. The fourth-order valence-corrected chi connectivity index (χ4v) is 4.16. The minimum absolute atomic E-state index is 0. The lowest BCUT2D eigenvalue weighted by Gasteiger charge is -2.33. The number of pyridine rings is 1. The molecule has 1 aromatic rings. The minimum atomic E-state index is 0. The topological polar surface area (TPSA) is 74.2 Å². The molecule has 1 aromatic heterocycles. The average molecular weight is 575 g/mol. The Labute approximate surface area is 216 Å². The van der Waals surface area contributed by atoms with Crippen LogP contribution >= 0.6 is 24.0 Å². The zero-order chi connectivity index (χ0) is 22.8. The minimum Gasteiger partial charge on any atom is -0.377 e.